The van der Waals surface area contributed by atoms with Crippen LogP contribution in [0.4, 0.5) is 0 Å². The van der Waals surface area contributed by atoms with Gasteiger partial charge in [0.05, 0.1) is 42.3 Å². The number of benzene rings is 1. The lowest BCUT2D eigenvalue weighted by Gasteiger charge is -2.39. The molecule has 11 nitrogen and oxygen atoms in total. The summed E-state index contributed by atoms with van der Waals surface area (Å²) in [5, 5.41) is 0.439. The molecule has 5 heterocycles. The molecule has 1 amide bonds. The number of hydrogen-bond donors (Lipinski definition) is 0. The molecule has 0 N–H and O–H groups in total. The Morgan fingerprint density at radius 3 is 2.63 bits per heavy atom. The second-order valence-electron chi connectivity index (χ2n) is 10.4. The van der Waals surface area contributed by atoms with Gasteiger partial charge in [-0.05, 0) is 31.4 Å². The molecular weight excluding hydrogens is 548 g/mol. The molecule has 1 aromatic carbocycles. The molecule has 3 aromatic heterocycles. The number of aryl methyl sites for hydroxylation is 1. The number of likely N-dealkylation sites (tertiary alicyclic amines) is 1. The molecule has 2 aliphatic rings. The molecular formula is C29H32N4O7S. The zero-order valence-corrected chi connectivity index (χ0v) is 24.0. The highest BCUT2D eigenvalue weighted by molar-refractivity contribution is 7.22. The Balaban J connectivity index is 1.52. The lowest BCUT2D eigenvalue weighted by atomic mass is 10.1. The highest BCUT2D eigenvalue weighted by atomic mass is 32.1. The molecule has 6 rings (SSSR count). The van der Waals surface area contributed by atoms with E-state index in [1.54, 1.807) is 22.8 Å². The number of carbonyl (C=O) groups excluding carboxylic acids is 1. The van der Waals surface area contributed by atoms with E-state index in [-0.39, 0.29) is 24.1 Å². The third-order valence-electron chi connectivity index (χ3n) is 7.90. The van der Waals surface area contributed by atoms with Crippen molar-refractivity contribution in [3.8, 4) is 16.5 Å². The summed E-state index contributed by atoms with van der Waals surface area (Å²) in [4.78, 5) is 47.2. The Hall–Kier alpha value is -3.74. The fourth-order valence-electron chi connectivity index (χ4n) is 5.62. The number of ether oxygens (including phenoxy) is 3. The molecule has 0 bridgehead atoms. The second-order valence-corrected chi connectivity index (χ2v) is 11.4. The number of aromatic nitrogens is 3. The minimum atomic E-state index is -0.538. The van der Waals surface area contributed by atoms with Gasteiger partial charge in [-0.1, -0.05) is 18.2 Å². The summed E-state index contributed by atoms with van der Waals surface area (Å²) in [5.74, 6) is 0.954. The summed E-state index contributed by atoms with van der Waals surface area (Å²) in [5.41, 5.74) is 0.695. The third kappa shape index (κ3) is 5.00. The van der Waals surface area contributed by atoms with Crippen LogP contribution >= 0.6 is 11.3 Å². The Kier molecular flexibility index (Phi) is 7.54. The summed E-state index contributed by atoms with van der Waals surface area (Å²) in [6, 6.07) is 7.20. The second kappa shape index (κ2) is 11.3. The van der Waals surface area contributed by atoms with E-state index >= 15 is 0 Å². The van der Waals surface area contributed by atoms with Crippen LogP contribution in [0.25, 0.3) is 21.0 Å². The predicted molar refractivity (Wildman–Crippen MR) is 153 cm³/mol. The summed E-state index contributed by atoms with van der Waals surface area (Å²) >= 11 is 1.30. The molecule has 0 spiro atoms. The van der Waals surface area contributed by atoms with Crippen LogP contribution in [0.1, 0.15) is 43.0 Å². The highest BCUT2D eigenvalue weighted by Crippen LogP contribution is 2.38. The number of fused-ring (bicyclic) bond motifs is 1. The first-order valence-electron chi connectivity index (χ1n) is 13.7. The molecule has 216 valence electrons. The number of thiophene rings is 1. The van der Waals surface area contributed by atoms with Crippen molar-refractivity contribution in [2.75, 3.05) is 33.4 Å². The number of rotatable bonds is 8. The quantitative estimate of drug-likeness (QED) is 0.311. The molecule has 0 radical (unpaired) electrons. The maximum atomic E-state index is 14.2. The van der Waals surface area contributed by atoms with Gasteiger partial charge >= 0.3 is 5.69 Å². The van der Waals surface area contributed by atoms with Crippen molar-refractivity contribution >= 4 is 27.5 Å². The maximum absolute atomic E-state index is 14.2. The Labute approximate surface area is 239 Å². The maximum Gasteiger partial charge on any atom is 0.332 e. The number of methoxy groups -OCH3 is 1. The van der Waals surface area contributed by atoms with E-state index in [4.69, 9.17) is 18.6 Å². The van der Waals surface area contributed by atoms with Crippen LogP contribution in [0.3, 0.4) is 0 Å². The van der Waals surface area contributed by atoms with Gasteiger partial charge in [0.2, 0.25) is 11.8 Å². The molecule has 12 heteroatoms. The van der Waals surface area contributed by atoms with Gasteiger partial charge in [0, 0.05) is 38.8 Å². The van der Waals surface area contributed by atoms with Crippen molar-refractivity contribution in [1.29, 1.82) is 0 Å². The number of nitrogens with zero attached hydrogens (tertiary/aromatic N) is 4. The average molecular weight is 581 g/mol. The van der Waals surface area contributed by atoms with Gasteiger partial charge in [0.15, 0.2) is 0 Å². The third-order valence-corrected chi connectivity index (χ3v) is 9.20. The van der Waals surface area contributed by atoms with E-state index in [1.807, 2.05) is 31.2 Å². The summed E-state index contributed by atoms with van der Waals surface area (Å²) in [7, 11) is 1.61. The number of para-hydroxylation sites is 1. The van der Waals surface area contributed by atoms with Crippen LogP contribution < -0.4 is 16.0 Å². The van der Waals surface area contributed by atoms with E-state index in [0.29, 0.717) is 58.6 Å². The topological polar surface area (TPSA) is 118 Å². The molecule has 1 atom stereocenters. The fraction of sp³-hybridized carbons (Fsp3) is 0.448. The first-order chi connectivity index (χ1) is 19.9. The van der Waals surface area contributed by atoms with Crippen molar-refractivity contribution < 1.29 is 23.4 Å². The molecule has 2 aliphatic heterocycles. The fourth-order valence-corrected chi connectivity index (χ4v) is 6.86. The van der Waals surface area contributed by atoms with Gasteiger partial charge in [-0.3, -0.25) is 18.7 Å². The number of hydrogen-bond acceptors (Lipinski definition) is 9. The first kappa shape index (κ1) is 27.4. The van der Waals surface area contributed by atoms with Crippen LogP contribution in [0.15, 0.2) is 50.7 Å². The summed E-state index contributed by atoms with van der Waals surface area (Å²) in [6.45, 7) is 5.31. The van der Waals surface area contributed by atoms with Gasteiger partial charge < -0.3 is 23.5 Å². The number of carbonyl (C=O) groups is 1. The first-order valence-corrected chi connectivity index (χ1v) is 14.5. The Morgan fingerprint density at radius 1 is 1.20 bits per heavy atom. The molecule has 2 saturated heterocycles. The smallest absolute Gasteiger partial charge is 0.332 e. The van der Waals surface area contributed by atoms with E-state index in [1.165, 1.54) is 29.1 Å². The SMILES string of the molecule is COc1ccccc1C(Cn1c(=O)n(C2CN(C(C)=O)C2)c(=O)c2c(C)c(-c3ncco3)sc21)OC1CCOCC1. The number of oxazole rings is 1. The molecule has 2 fully saturated rings. The van der Waals surface area contributed by atoms with Crippen molar-refractivity contribution in [2.24, 2.45) is 0 Å². The standard InChI is InChI=1S/C29H32N4O7S/c1-17-24-27(35)33(19-14-31(15-19)18(2)34)29(36)32(28(24)41-25(17)26-30-10-13-39-26)16-23(40-20-8-11-38-12-9-20)21-6-4-5-7-22(21)37-3/h4-7,10,13,19-20,23H,8-9,11-12,14-16H2,1-3H3. The largest absolute Gasteiger partial charge is 0.496 e. The van der Waals surface area contributed by atoms with Crippen molar-refractivity contribution in [1.82, 2.24) is 19.0 Å². The zero-order valence-electron chi connectivity index (χ0n) is 23.2. The van der Waals surface area contributed by atoms with Crippen LogP contribution in [0.5, 0.6) is 5.75 Å². The zero-order chi connectivity index (χ0) is 28.7. The number of amides is 1. The van der Waals surface area contributed by atoms with Gasteiger partial charge in [0.25, 0.3) is 5.56 Å². The lowest BCUT2D eigenvalue weighted by molar-refractivity contribution is -0.134. The van der Waals surface area contributed by atoms with Gasteiger partial charge in [-0.15, -0.1) is 11.3 Å². The minimum absolute atomic E-state index is 0.0560. The Bertz CT molecular complexity index is 1680. The highest BCUT2D eigenvalue weighted by Gasteiger charge is 2.35. The Morgan fingerprint density at radius 2 is 1.95 bits per heavy atom. The molecule has 41 heavy (non-hydrogen) atoms. The monoisotopic (exact) mass is 580 g/mol. The van der Waals surface area contributed by atoms with Crippen molar-refractivity contribution in [3.63, 3.8) is 0 Å². The molecule has 0 aliphatic carbocycles. The van der Waals surface area contributed by atoms with Gasteiger partial charge in [0.1, 0.15) is 22.9 Å². The van der Waals surface area contributed by atoms with Gasteiger partial charge in [-0.25, -0.2) is 9.78 Å². The average Bonchev–Trinajstić information content (AvgIpc) is 3.60. The van der Waals surface area contributed by atoms with E-state index < -0.39 is 17.8 Å². The minimum Gasteiger partial charge on any atom is -0.496 e. The van der Waals surface area contributed by atoms with Crippen LogP contribution in [-0.4, -0.2) is 64.4 Å². The summed E-state index contributed by atoms with van der Waals surface area (Å²) in [6.07, 6.45) is 3.92. The molecule has 0 saturated carbocycles. The summed E-state index contributed by atoms with van der Waals surface area (Å²) < 4.78 is 26.4. The molecule has 4 aromatic rings. The van der Waals surface area contributed by atoms with Crippen LogP contribution in [0.2, 0.25) is 0 Å². The normalized spacial score (nSPS) is 17.1. The van der Waals surface area contributed by atoms with Crippen LogP contribution in [0, 0.1) is 6.92 Å². The van der Waals surface area contributed by atoms with Crippen molar-refractivity contribution in [3.05, 3.63) is 68.7 Å². The van der Waals surface area contributed by atoms with Crippen molar-refractivity contribution in [2.45, 2.75) is 51.5 Å². The van der Waals surface area contributed by atoms with E-state index in [9.17, 15) is 14.4 Å². The van der Waals surface area contributed by atoms with Crippen LogP contribution in [-0.2, 0) is 20.8 Å². The lowest BCUT2D eigenvalue weighted by Crippen LogP contribution is -2.56. The molecule has 1 unspecified atom stereocenters. The predicted octanol–water partition coefficient (Wildman–Crippen LogP) is 3.54. The van der Waals surface area contributed by atoms with E-state index in [0.717, 1.165) is 18.4 Å². The van der Waals surface area contributed by atoms with Gasteiger partial charge in [-0.2, -0.15) is 0 Å². The van der Waals surface area contributed by atoms with E-state index in [2.05, 4.69) is 4.98 Å².